The van der Waals surface area contributed by atoms with Crippen LogP contribution in [0.4, 0.5) is 5.69 Å². The summed E-state index contributed by atoms with van der Waals surface area (Å²) in [6.07, 6.45) is 4.95. The van der Waals surface area contributed by atoms with Gasteiger partial charge in [-0.3, -0.25) is 4.79 Å². The van der Waals surface area contributed by atoms with Gasteiger partial charge in [-0.2, -0.15) is 0 Å². The van der Waals surface area contributed by atoms with Crippen molar-refractivity contribution in [1.29, 1.82) is 0 Å². The minimum absolute atomic E-state index is 0.0956. The van der Waals surface area contributed by atoms with Crippen molar-refractivity contribution in [2.24, 2.45) is 0 Å². The molecule has 1 aromatic rings. The number of aromatic nitrogens is 1. The summed E-state index contributed by atoms with van der Waals surface area (Å²) in [7, 11) is 0. The van der Waals surface area contributed by atoms with Crippen LogP contribution in [0.2, 0.25) is 0 Å². The molecule has 0 bridgehead atoms. The van der Waals surface area contributed by atoms with Crippen LogP contribution >= 0.6 is 0 Å². The highest BCUT2D eigenvalue weighted by Gasteiger charge is 2.23. The fraction of sp³-hybridized carbons (Fsp3) is 0.688. The molecule has 0 radical (unpaired) electrons. The fourth-order valence-electron chi connectivity index (χ4n) is 2.32. The summed E-state index contributed by atoms with van der Waals surface area (Å²) in [6.45, 7) is 11.3. The number of carbonyl (C=O) groups excluding carboxylic acids is 1. The summed E-state index contributed by atoms with van der Waals surface area (Å²) in [5.41, 5.74) is 7.23. The van der Waals surface area contributed by atoms with Gasteiger partial charge in [0.1, 0.15) is 5.69 Å². The number of anilines is 1. The summed E-state index contributed by atoms with van der Waals surface area (Å²) in [4.78, 5) is 14.8. The maximum Gasteiger partial charge on any atom is 0.270 e. The number of hydrogen-bond acceptors (Lipinski definition) is 2. The summed E-state index contributed by atoms with van der Waals surface area (Å²) >= 11 is 0. The lowest BCUT2D eigenvalue weighted by molar-refractivity contribution is 0.0672. The van der Waals surface area contributed by atoms with E-state index in [1.807, 2.05) is 15.7 Å². The molecule has 0 saturated heterocycles. The largest absolute Gasteiger partial charge is 0.397 e. The Morgan fingerprint density at radius 1 is 1.35 bits per heavy atom. The van der Waals surface area contributed by atoms with E-state index in [4.69, 9.17) is 5.73 Å². The van der Waals surface area contributed by atoms with E-state index in [1.165, 1.54) is 0 Å². The number of nitrogen functional groups attached to an aromatic ring is 1. The first-order valence-electron chi connectivity index (χ1n) is 7.70. The lowest BCUT2D eigenvalue weighted by Gasteiger charge is -2.29. The van der Waals surface area contributed by atoms with E-state index in [0.717, 1.165) is 25.8 Å². The van der Waals surface area contributed by atoms with Crippen LogP contribution in [0.3, 0.4) is 0 Å². The third-order valence-electron chi connectivity index (χ3n) is 3.78. The molecule has 4 nitrogen and oxygen atoms in total. The first-order valence-corrected chi connectivity index (χ1v) is 7.70. The third kappa shape index (κ3) is 3.78. The van der Waals surface area contributed by atoms with Crippen LogP contribution in [0.5, 0.6) is 0 Å². The molecule has 0 aliphatic carbocycles. The van der Waals surface area contributed by atoms with Gasteiger partial charge in [-0.15, -0.1) is 0 Å². The molecule has 20 heavy (non-hydrogen) atoms. The van der Waals surface area contributed by atoms with Crippen molar-refractivity contribution in [2.75, 3.05) is 12.3 Å². The van der Waals surface area contributed by atoms with E-state index in [-0.39, 0.29) is 18.0 Å². The Bertz CT molecular complexity index is 437. The molecule has 1 atom stereocenters. The minimum atomic E-state index is 0.0956. The summed E-state index contributed by atoms with van der Waals surface area (Å²) in [6, 6.07) is 2.28. The van der Waals surface area contributed by atoms with Crippen molar-refractivity contribution in [1.82, 2.24) is 9.47 Å². The van der Waals surface area contributed by atoms with Gasteiger partial charge in [-0.05, 0) is 39.7 Å². The number of hydrogen-bond donors (Lipinski definition) is 1. The predicted octanol–water partition coefficient (Wildman–Crippen LogP) is 3.69. The van der Waals surface area contributed by atoms with Crippen molar-refractivity contribution >= 4 is 11.6 Å². The van der Waals surface area contributed by atoms with Crippen LogP contribution in [-0.4, -0.2) is 28.0 Å². The lowest BCUT2D eigenvalue weighted by Crippen LogP contribution is -2.40. The van der Waals surface area contributed by atoms with Crippen molar-refractivity contribution in [2.45, 2.75) is 66.0 Å². The molecule has 0 aliphatic rings. The maximum absolute atomic E-state index is 12.8. The van der Waals surface area contributed by atoms with Crippen LogP contribution < -0.4 is 5.73 Å². The van der Waals surface area contributed by atoms with E-state index in [2.05, 4.69) is 34.6 Å². The number of nitrogens with zero attached hydrogens (tertiary/aromatic N) is 2. The zero-order chi connectivity index (χ0) is 15.3. The van der Waals surface area contributed by atoms with Crippen molar-refractivity contribution < 1.29 is 4.79 Å². The fourth-order valence-corrected chi connectivity index (χ4v) is 2.32. The lowest BCUT2D eigenvalue weighted by atomic mass is 10.1. The van der Waals surface area contributed by atoms with Crippen LogP contribution in [-0.2, 0) is 0 Å². The molecule has 0 aliphatic heterocycles. The molecule has 1 aromatic heterocycles. The van der Waals surface area contributed by atoms with Gasteiger partial charge >= 0.3 is 0 Å². The molecule has 0 fully saturated rings. The van der Waals surface area contributed by atoms with Crippen LogP contribution in [0.25, 0.3) is 0 Å². The highest BCUT2D eigenvalue weighted by atomic mass is 16.2. The average Bonchev–Trinajstić information content (AvgIpc) is 2.80. The molecule has 0 spiro atoms. The molecular weight excluding hydrogens is 250 g/mol. The maximum atomic E-state index is 12.8. The molecular formula is C16H29N3O. The standard InChI is InChI=1S/C16H29N3O/c1-6-8-9-18(13(5)7-2)16(20)15-10-14(17)11-19(15)12(3)4/h10-13H,6-9,17H2,1-5H3. The van der Waals surface area contributed by atoms with E-state index < -0.39 is 0 Å². The van der Waals surface area contributed by atoms with E-state index >= 15 is 0 Å². The zero-order valence-corrected chi connectivity index (χ0v) is 13.5. The average molecular weight is 279 g/mol. The number of nitrogens with two attached hydrogens (primary N) is 1. The Morgan fingerprint density at radius 2 is 2.00 bits per heavy atom. The van der Waals surface area contributed by atoms with Gasteiger partial charge in [-0.1, -0.05) is 20.3 Å². The topological polar surface area (TPSA) is 51.3 Å². The Hall–Kier alpha value is -1.45. The molecule has 1 unspecified atom stereocenters. The Morgan fingerprint density at radius 3 is 2.50 bits per heavy atom. The molecule has 1 rings (SSSR count). The van der Waals surface area contributed by atoms with Crippen LogP contribution in [0.15, 0.2) is 12.3 Å². The number of amides is 1. The molecule has 1 amide bonds. The summed E-state index contributed by atoms with van der Waals surface area (Å²) in [5, 5.41) is 0. The Labute approximate surface area is 122 Å². The number of carbonyl (C=O) groups is 1. The molecule has 114 valence electrons. The summed E-state index contributed by atoms with van der Waals surface area (Å²) in [5.74, 6) is 0.0956. The van der Waals surface area contributed by atoms with Gasteiger partial charge in [0.2, 0.25) is 0 Å². The molecule has 0 aromatic carbocycles. The summed E-state index contributed by atoms with van der Waals surface area (Å²) < 4.78 is 1.97. The van der Waals surface area contributed by atoms with Gasteiger partial charge in [0.05, 0.1) is 5.69 Å². The minimum Gasteiger partial charge on any atom is -0.397 e. The van der Waals surface area contributed by atoms with Gasteiger partial charge in [0.15, 0.2) is 0 Å². The van der Waals surface area contributed by atoms with E-state index in [9.17, 15) is 4.79 Å². The van der Waals surface area contributed by atoms with Crippen molar-refractivity contribution in [3.8, 4) is 0 Å². The van der Waals surface area contributed by atoms with Gasteiger partial charge in [-0.25, -0.2) is 0 Å². The molecule has 1 heterocycles. The van der Waals surface area contributed by atoms with E-state index in [0.29, 0.717) is 11.4 Å². The normalized spacial score (nSPS) is 12.7. The van der Waals surface area contributed by atoms with Crippen molar-refractivity contribution in [3.05, 3.63) is 18.0 Å². The first kappa shape index (κ1) is 16.6. The Kier molecular flexibility index (Phi) is 6.11. The smallest absolute Gasteiger partial charge is 0.270 e. The predicted molar refractivity (Wildman–Crippen MR) is 84.9 cm³/mol. The van der Waals surface area contributed by atoms with Gasteiger partial charge < -0.3 is 15.2 Å². The SMILES string of the molecule is CCCCN(C(=O)c1cc(N)cn1C(C)C)C(C)CC. The molecule has 4 heteroatoms. The first-order chi connectivity index (χ1) is 9.42. The number of rotatable bonds is 7. The third-order valence-corrected chi connectivity index (χ3v) is 3.78. The quantitative estimate of drug-likeness (QED) is 0.827. The van der Waals surface area contributed by atoms with Gasteiger partial charge in [0.25, 0.3) is 5.91 Å². The molecule has 0 saturated carbocycles. The van der Waals surface area contributed by atoms with Crippen LogP contribution in [0.1, 0.15) is 70.4 Å². The zero-order valence-electron chi connectivity index (χ0n) is 13.5. The van der Waals surface area contributed by atoms with E-state index in [1.54, 1.807) is 6.07 Å². The second-order valence-electron chi connectivity index (χ2n) is 5.77. The number of unbranched alkanes of at least 4 members (excludes halogenated alkanes) is 1. The highest BCUT2D eigenvalue weighted by molar-refractivity contribution is 5.94. The van der Waals surface area contributed by atoms with Crippen LogP contribution in [0, 0.1) is 0 Å². The molecule has 2 N–H and O–H groups in total. The second kappa shape index (κ2) is 7.36. The van der Waals surface area contributed by atoms with Crippen molar-refractivity contribution in [3.63, 3.8) is 0 Å². The second-order valence-corrected chi connectivity index (χ2v) is 5.77. The highest BCUT2D eigenvalue weighted by Crippen LogP contribution is 2.20. The Balaban J connectivity index is 3.05. The van der Waals surface area contributed by atoms with Gasteiger partial charge in [0, 0.05) is 24.8 Å². The monoisotopic (exact) mass is 279 g/mol.